The van der Waals surface area contributed by atoms with Gasteiger partial charge in [-0.05, 0) is 19.3 Å². The summed E-state index contributed by atoms with van der Waals surface area (Å²) in [7, 11) is 0. The predicted octanol–water partition coefficient (Wildman–Crippen LogP) is 2.02. The zero-order chi connectivity index (χ0) is 8.28. The Labute approximate surface area is 72.9 Å². The highest BCUT2D eigenvalue weighted by Gasteiger charge is 2.36. The van der Waals surface area contributed by atoms with Crippen molar-refractivity contribution >= 4 is 0 Å². The van der Waals surface area contributed by atoms with E-state index in [9.17, 15) is 0 Å². The van der Waals surface area contributed by atoms with Crippen LogP contribution in [0.1, 0.15) is 38.5 Å². The summed E-state index contributed by atoms with van der Waals surface area (Å²) in [6.45, 7) is 1.45. The second kappa shape index (κ2) is 3.73. The van der Waals surface area contributed by atoms with Crippen LogP contribution in [-0.4, -0.2) is 19.0 Å². The molecule has 0 atom stereocenters. The fourth-order valence-corrected chi connectivity index (χ4v) is 1.87. The molecule has 1 spiro atoms. The molecule has 1 saturated carbocycles. The van der Waals surface area contributed by atoms with Gasteiger partial charge in [-0.15, -0.1) is 0 Å². The molecule has 0 unspecified atom stereocenters. The minimum Gasteiger partial charge on any atom is -0.347 e. The molecule has 0 bridgehead atoms. The number of ether oxygens (including phenoxy) is 1. The summed E-state index contributed by atoms with van der Waals surface area (Å²) in [5.74, 6) is -0.380. The van der Waals surface area contributed by atoms with E-state index in [4.69, 9.17) is 14.5 Å². The molecule has 3 heteroatoms. The van der Waals surface area contributed by atoms with Gasteiger partial charge in [0.2, 0.25) is 5.79 Å². The van der Waals surface area contributed by atoms with Crippen LogP contribution in [0.15, 0.2) is 0 Å². The molecule has 0 aromatic heterocycles. The first-order chi connectivity index (χ1) is 5.91. The van der Waals surface area contributed by atoms with E-state index in [2.05, 4.69) is 0 Å². The van der Waals surface area contributed by atoms with Crippen molar-refractivity contribution in [1.29, 1.82) is 0 Å². The average molecular weight is 172 g/mol. The maximum atomic E-state index is 5.68. The molecule has 70 valence electrons. The molecule has 12 heavy (non-hydrogen) atoms. The molecule has 3 nitrogen and oxygen atoms in total. The van der Waals surface area contributed by atoms with Gasteiger partial charge in [-0.25, -0.2) is 9.78 Å². The minimum atomic E-state index is -0.380. The predicted molar refractivity (Wildman–Crippen MR) is 43.4 cm³/mol. The lowest BCUT2D eigenvalue weighted by molar-refractivity contribution is -0.421. The Morgan fingerprint density at radius 2 is 1.67 bits per heavy atom. The normalized spacial score (nSPS) is 30.0. The zero-order valence-corrected chi connectivity index (χ0v) is 7.38. The van der Waals surface area contributed by atoms with Crippen LogP contribution in [0.5, 0.6) is 0 Å². The first kappa shape index (κ1) is 8.48. The van der Waals surface area contributed by atoms with Crippen molar-refractivity contribution in [2.75, 3.05) is 13.2 Å². The molecule has 0 aromatic carbocycles. The molecular weight excluding hydrogens is 156 g/mol. The highest BCUT2D eigenvalue weighted by molar-refractivity contribution is 4.74. The Bertz CT molecular complexity index is 131. The number of hydrogen-bond acceptors (Lipinski definition) is 3. The molecule has 1 saturated heterocycles. The summed E-state index contributed by atoms with van der Waals surface area (Å²) < 4.78 is 5.68. The van der Waals surface area contributed by atoms with E-state index in [-0.39, 0.29) is 5.79 Å². The summed E-state index contributed by atoms with van der Waals surface area (Å²) >= 11 is 0. The van der Waals surface area contributed by atoms with Crippen LogP contribution >= 0.6 is 0 Å². The average Bonchev–Trinajstić information content (AvgIpc) is 2.33. The SMILES string of the molecule is C1CCC2(CC1)OCCCOO2. The lowest BCUT2D eigenvalue weighted by Crippen LogP contribution is -2.37. The molecule has 0 radical (unpaired) electrons. The standard InChI is InChI=1S/C9H16O3/c1-2-5-9(6-3-1)10-7-4-8-11-12-9/h1-8H2. The van der Waals surface area contributed by atoms with E-state index in [1.54, 1.807) is 0 Å². The molecule has 0 aromatic rings. The Hall–Kier alpha value is -0.120. The quantitative estimate of drug-likeness (QED) is 0.523. The molecule has 2 rings (SSSR count). The van der Waals surface area contributed by atoms with E-state index in [0.29, 0.717) is 6.61 Å². The topological polar surface area (TPSA) is 27.7 Å². The van der Waals surface area contributed by atoms with E-state index >= 15 is 0 Å². The van der Waals surface area contributed by atoms with Crippen LogP contribution in [0.3, 0.4) is 0 Å². The van der Waals surface area contributed by atoms with Crippen molar-refractivity contribution in [3.63, 3.8) is 0 Å². The fraction of sp³-hybridized carbons (Fsp3) is 1.00. The third kappa shape index (κ3) is 1.79. The first-order valence-electron chi connectivity index (χ1n) is 4.86. The third-order valence-corrected chi connectivity index (χ3v) is 2.56. The molecule has 1 heterocycles. The first-order valence-corrected chi connectivity index (χ1v) is 4.86. The van der Waals surface area contributed by atoms with Gasteiger partial charge in [-0.1, -0.05) is 6.42 Å². The zero-order valence-electron chi connectivity index (χ0n) is 7.38. The van der Waals surface area contributed by atoms with Gasteiger partial charge < -0.3 is 4.74 Å². The largest absolute Gasteiger partial charge is 0.347 e. The van der Waals surface area contributed by atoms with Crippen molar-refractivity contribution in [3.8, 4) is 0 Å². The second-order valence-corrected chi connectivity index (χ2v) is 3.58. The van der Waals surface area contributed by atoms with Crippen LogP contribution in [0.25, 0.3) is 0 Å². The summed E-state index contributed by atoms with van der Waals surface area (Å²) in [4.78, 5) is 10.4. The Balaban J connectivity index is 1.95. The molecule has 0 amide bonds. The van der Waals surface area contributed by atoms with Crippen LogP contribution in [0.4, 0.5) is 0 Å². The van der Waals surface area contributed by atoms with Crippen LogP contribution < -0.4 is 0 Å². The molecule has 2 aliphatic rings. The third-order valence-electron chi connectivity index (χ3n) is 2.56. The van der Waals surface area contributed by atoms with Gasteiger partial charge in [-0.3, -0.25) is 0 Å². The fourth-order valence-electron chi connectivity index (χ4n) is 1.87. The van der Waals surface area contributed by atoms with Crippen molar-refractivity contribution in [3.05, 3.63) is 0 Å². The van der Waals surface area contributed by atoms with Crippen molar-refractivity contribution in [1.82, 2.24) is 0 Å². The molecule has 0 N–H and O–H groups in total. The van der Waals surface area contributed by atoms with Gasteiger partial charge in [-0.2, -0.15) is 0 Å². The van der Waals surface area contributed by atoms with Crippen LogP contribution in [0.2, 0.25) is 0 Å². The monoisotopic (exact) mass is 172 g/mol. The molecule has 1 aliphatic heterocycles. The highest BCUT2D eigenvalue weighted by Crippen LogP contribution is 2.34. The van der Waals surface area contributed by atoms with E-state index in [1.165, 1.54) is 19.3 Å². The summed E-state index contributed by atoms with van der Waals surface area (Å²) in [5, 5.41) is 0. The van der Waals surface area contributed by atoms with E-state index < -0.39 is 0 Å². The highest BCUT2D eigenvalue weighted by atomic mass is 17.2. The van der Waals surface area contributed by atoms with Gasteiger partial charge in [0.15, 0.2) is 0 Å². The second-order valence-electron chi connectivity index (χ2n) is 3.58. The molecule has 2 fully saturated rings. The number of hydrogen-bond donors (Lipinski definition) is 0. The van der Waals surface area contributed by atoms with Gasteiger partial charge in [0.05, 0.1) is 13.2 Å². The van der Waals surface area contributed by atoms with Gasteiger partial charge in [0.25, 0.3) is 0 Å². The van der Waals surface area contributed by atoms with Gasteiger partial charge >= 0.3 is 0 Å². The Morgan fingerprint density at radius 1 is 0.833 bits per heavy atom. The summed E-state index contributed by atoms with van der Waals surface area (Å²) in [5.41, 5.74) is 0. The lowest BCUT2D eigenvalue weighted by Gasteiger charge is -2.33. The summed E-state index contributed by atoms with van der Waals surface area (Å²) in [6.07, 6.45) is 6.63. The Morgan fingerprint density at radius 3 is 2.50 bits per heavy atom. The van der Waals surface area contributed by atoms with Crippen LogP contribution in [0, 0.1) is 0 Å². The minimum absolute atomic E-state index is 0.380. The summed E-state index contributed by atoms with van der Waals surface area (Å²) in [6, 6.07) is 0. The smallest absolute Gasteiger partial charge is 0.201 e. The maximum Gasteiger partial charge on any atom is 0.201 e. The Kier molecular flexibility index (Phi) is 2.63. The maximum absolute atomic E-state index is 5.68. The molecule has 1 aliphatic carbocycles. The van der Waals surface area contributed by atoms with Crippen molar-refractivity contribution in [2.45, 2.75) is 44.3 Å². The van der Waals surface area contributed by atoms with Crippen LogP contribution in [-0.2, 0) is 14.5 Å². The number of rotatable bonds is 0. The van der Waals surface area contributed by atoms with Gasteiger partial charge in [0, 0.05) is 12.8 Å². The van der Waals surface area contributed by atoms with Crippen molar-refractivity contribution < 1.29 is 14.5 Å². The molecular formula is C9H16O3. The van der Waals surface area contributed by atoms with Crippen molar-refractivity contribution in [2.24, 2.45) is 0 Å². The lowest BCUT2D eigenvalue weighted by atomic mass is 9.94. The van der Waals surface area contributed by atoms with E-state index in [0.717, 1.165) is 25.9 Å². The van der Waals surface area contributed by atoms with E-state index in [1.807, 2.05) is 0 Å². The van der Waals surface area contributed by atoms with Gasteiger partial charge in [0.1, 0.15) is 0 Å².